The largest absolute Gasteiger partial charge is 0.348 e. The minimum Gasteiger partial charge on any atom is -0.348 e. The quantitative estimate of drug-likeness (QED) is 0.809. The van der Waals surface area contributed by atoms with Gasteiger partial charge in [-0.3, -0.25) is 14.7 Å². The Morgan fingerprint density at radius 3 is 3.00 bits per heavy atom. The van der Waals surface area contributed by atoms with E-state index in [0.717, 1.165) is 25.2 Å². The minimum atomic E-state index is 0.177. The van der Waals surface area contributed by atoms with Crippen molar-refractivity contribution in [3.8, 4) is 0 Å². The lowest BCUT2D eigenvalue weighted by atomic mass is 9.94. The summed E-state index contributed by atoms with van der Waals surface area (Å²) in [6, 6.07) is 6.06. The number of carbonyl (C=O) groups excluding carboxylic acids is 1. The predicted octanol–water partition coefficient (Wildman–Crippen LogP) is 1.35. The number of pyridine rings is 1. The summed E-state index contributed by atoms with van der Waals surface area (Å²) in [5.74, 6) is 0.645. The molecule has 1 atom stereocenters. The maximum Gasteiger partial charge on any atom is 0.236 e. The molecule has 1 amide bonds. The molecule has 4 heteroatoms. The van der Waals surface area contributed by atoms with E-state index in [1.54, 1.807) is 4.90 Å². The van der Waals surface area contributed by atoms with Crippen molar-refractivity contribution in [2.75, 3.05) is 33.7 Å². The number of carbonyl (C=O) groups is 1. The lowest BCUT2D eigenvalue weighted by Crippen LogP contribution is -2.41. The van der Waals surface area contributed by atoms with Gasteiger partial charge in [-0.05, 0) is 31.5 Å². The molecule has 2 rings (SSSR count). The first-order valence-corrected chi connectivity index (χ1v) is 6.50. The van der Waals surface area contributed by atoms with E-state index in [-0.39, 0.29) is 5.91 Å². The number of hydrogen-bond donors (Lipinski definition) is 0. The van der Waals surface area contributed by atoms with Crippen LogP contribution in [0, 0.1) is 0 Å². The van der Waals surface area contributed by atoms with E-state index in [9.17, 15) is 4.79 Å². The van der Waals surface area contributed by atoms with E-state index in [4.69, 9.17) is 0 Å². The van der Waals surface area contributed by atoms with Gasteiger partial charge in [0.25, 0.3) is 0 Å². The zero-order chi connectivity index (χ0) is 13.0. The highest BCUT2D eigenvalue weighted by Gasteiger charge is 2.23. The molecule has 1 fully saturated rings. The Hall–Kier alpha value is -1.42. The first-order chi connectivity index (χ1) is 8.66. The highest BCUT2D eigenvalue weighted by Crippen LogP contribution is 2.24. The number of nitrogens with zero attached hydrogens (tertiary/aromatic N) is 3. The summed E-state index contributed by atoms with van der Waals surface area (Å²) in [5, 5.41) is 0. The van der Waals surface area contributed by atoms with Crippen LogP contribution in [0.4, 0.5) is 0 Å². The summed E-state index contributed by atoms with van der Waals surface area (Å²) < 4.78 is 0. The van der Waals surface area contributed by atoms with E-state index in [1.165, 1.54) is 6.42 Å². The van der Waals surface area contributed by atoms with Crippen LogP contribution in [0.25, 0.3) is 0 Å². The van der Waals surface area contributed by atoms with Crippen molar-refractivity contribution in [3.63, 3.8) is 0 Å². The monoisotopic (exact) mass is 247 g/mol. The number of hydrogen-bond acceptors (Lipinski definition) is 3. The van der Waals surface area contributed by atoms with Crippen LogP contribution in [0.1, 0.15) is 24.5 Å². The fraction of sp³-hybridized carbons (Fsp3) is 0.571. The van der Waals surface area contributed by atoms with Gasteiger partial charge in [0.15, 0.2) is 0 Å². The molecule has 1 unspecified atom stereocenters. The summed E-state index contributed by atoms with van der Waals surface area (Å²) in [6.07, 6.45) is 4.16. The maximum absolute atomic E-state index is 11.7. The molecule has 2 heterocycles. The van der Waals surface area contributed by atoms with Gasteiger partial charge in [0.1, 0.15) is 0 Å². The van der Waals surface area contributed by atoms with Crippen LogP contribution >= 0.6 is 0 Å². The zero-order valence-corrected chi connectivity index (χ0v) is 11.2. The molecular weight excluding hydrogens is 226 g/mol. The van der Waals surface area contributed by atoms with Crippen LogP contribution in [0.3, 0.4) is 0 Å². The Bertz CT molecular complexity index is 391. The van der Waals surface area contributed by atoms with Gasteiger partial charge < -0.3 is 4.90 Å². The fourth-order valence-electron chi connectivity index (χ4n) is 2.39. The Kier molecular flexibility index (Phi) is 4.31. The molecule has 1 saturated heterocycles. The summed E-state index contributed by atoms with van der Waals surface area (Å²) >= 11 is 0. The topological polar surface area (TPSA) is 36.4 Å². The number of amides is 1. The highest BCUT2D eigenvalue weighted by molar-refractivity contribution is 5.77. The van der Waals surface area contributed by atoms with Crippen molar-refractivity contribution in [2.45, 2.75) is 18.8 Å². The van der Waals surface area contributed by atoms with Crippen molar-refractivity contribution in [1.29, 1.82) is 0 Å². The molecule has 1 aromatic heterocycles. The Balaban J connectivity index is 1.95. The molecule has 0 radical (unpaired) electrons. The van der Waals surface area contributed by atoms with E-state index < -0.39 is 0 Å². The van der Waals surface area contributed by atoms with E-state index in [2.05, 4.69) is 16.0 Å². The van der Waals surface area contributed by atoms with Crippen LogP contribution in [0.15, 0.2) is 24.4 Å². The molecule has 0 saturated carbocycles. The first-order valence-electron chi connectivity index (χ1n) is 6.50. The average molecular weight is 247 g/mol. The van der Waals surface area contributed by atoms with Crippen LogP contribution in [-0.4, -0.2) is 54.4 Å². The van der Waals surface area contributed by atoms with Crippen molar-refractivity contribution in [1.82, 2.24) is 14.8 Å². The Morgan fingerprint density at radius 2 is 2.33 bits per heavy atom. The third-order valence-electron chi connectivity index (χ3n) is 3.47. The van der Waals surface area contributed by atoms with Gasteiger partial charge in [0, 0.05) is 38.4 Å². The van der Waals surface area contributed by atoms with Crippen molar-refractivity contribution < 1.29 is 4.79 Å². The van der Waals surface area contributed by atoms with Crippen molar-refractivity contribution in [2.24, 2.45) is 0 Å². The number of aromatic nitrogens is 1. The second-order valence-corrected chi connectivity index (χ2v) is 5.12. The van der Waals surface area contributed by atoms with Gasteiger partial charge in [-0.2, -0.15) is 0 Å². The molecule has 0 spiro atoms. The standard InChI is InChI=1S/C14H21N3O/c1-16(2)14(18)11-17-9-5-6-12(10-17)13-7-3-4-8-15-13/h3-4,7-8,12H,5-6,9-11H2,1-2H3. The van der Waals surface area contributed by atoms with Crippen molar-refractivity contribution in [3.05, 3.63) is 30.1 Å². The normalized spacial score (nSPS) is 20.7. The molecule has 4 nitrogen and oxygen atoms in total. The fourth-order valence-corrected chi connectivity index (χ4v) is 2.39. The summed E-state index contributed by atoms with van der Waals surface area (Å²) in [4.78, 5) is 20.1. The minimum absolute atomic E-state index is 0.177. The smallest absolute Gasteiger partial charge is 0.236 e. The maximum atomic E-state index is 11.7. The van der Waals surface area contributed by atoms with E-state index in [1.807, 2.05) is 32.4 Å². The number of piperidine rings is 1. The third kappa shape index (κ3) is 3.29. The third-order valence-corrected chi connectivity index (χ3v) is 3.47. The number of likely N-dealkylation sites (N-methyl/N-ethyl adjacent to an activating group) is 1. The summed E-state index contributed by atoms with van der Waals surface area (Å²) in [5.41, 5.74) is 1.15. The van der Waals surface area contributed by atoms with Crippen molar-refractivity contribution >= 4 is 5.91 Å². The van der Waals surface area contributed by atoms with Gasteiger partial charge in [-0.25, -0.2) is 0 Å². The Morgan fingerprint density at radius 1 is 1.50 bits per heavy atom. The summed E-state index contributed by atoms with van der Waals surface area (Å²) in [7, 11) is 3.62. The zero-order valence-electron chi connectivity index (χ0n) is 11.2. The van der Waals surface area contributed by atoms with Crippen LogP contribution in [0.5, 0.6) is 0 Å². The van der Waals surface area contributed by atoms with Crippen LogP contribution in [-0.2, 0) is 4.79 Å². The van der Waals surface area contributed by atoms with Crippen LogP contribution < -0.4 is 0 Å². The van der Waals surface area contributed by atoms with Crippen LogP contribution in [0.2, 0.25) is 0 Å². The molecule has 18 heavy (non-hydrogen) atoms. The van der Waals surface area contributed by atoms with Gasteiger partial charge in [-0.15, -0.1) is 0 Å². The Labute approximate surface area is 109 Å². The highest BCUT2D eigenvalue weighted by atomic mass is 16.2. The van der Waals surface area contributed by atoms with Gasteiger partial charge in [0.05, 0.1) is 6.54 Å². The molecule has 0 aromatic carbocycles. The molecule has 0 bridgehead atoms. The SMILES string of the molecule is CN(C)C(=O)CN1CCCC(c2ccccn2)C1. The number of rotatable bonds is 3. The molecular formula is C14H21N3O. The van der Waals surface area contributed by atoms with E-state index in [0.29, 0.717) is 12.5 Å². The molecule has 1 aliphatic heterocycles. The predicted molar refractivity (Wildman–Crippen MR) is 71.3 cm³/mol. The second-order valence-electron chi connectivity index (χ2n) is 5.12. The average Bonchev–Trinajstić information content (AvgIpc) is 2.40. The first kappa shape index (κ1) is 13.0. The lowest BCUT2D eigenvalue weighted by molar-refractivity contribution is -0.130. The molecule has 98 valence electrons. The van der Waals surface area contributed by atoms with Gasteiger partial charge in [-0.1, -0.05) is 6.07 Å². The van der Waals surface area contributed by atoms with Gasteiger partial charge in [0.2, 0.25) is 5.91 Å². The molecule has 1 aliphatic rings. The second kappa shape index (κ2) is 5.96. The van der Waals surface area contributed by atoms with E-state index >= 15 is 0 Å². The molecule has 0 aliphatic carbocycles. The molecule has 1 aromatic rings. The van der Waals surface area contributed by atoms with Gasteiger partial charge >= 0.3 is 0 Å². The number of likely N-dealkylation sites (tertiary alicyclic amines) is 1. The lowest BCUT2D eigenvalue weighted by Gasteiger charge is -2.32. The summed E-state index contributed by atoms with van der Waals surface area (Å²) in [6.45, 7) is 2.48. The molecule has 0 N–H and O–H groups in total.